The molecule has 1 aromatic rings. The van der Waals surface area contributed by atoms with E-state index in [0.29, 0.717) is 25.1 Å². The largest absolute Gasteiger partial charge is 0.366 e. The molecule has 7 heteroatoms. The van der Waals surface area contributed by atoms with Gasteiger partial charge in [0.2, 0.25) is 0 Å². The number of nitrogens with one attached hydrogen (secondary N) is 1. The third-order valence-corrected chi connectivity index (χ3v) is 5.51. The van der Waals surface area contributed by atoms with Crippen molar-refractivity contribution in [2.45, 2.75) is 25.9 Å². The number of halogens is 2. The van der Waals surface area contributed by atoms with Crippen LogP contribution in [0.1, 0.15) is 18.9 Å². The summed E-state index contributed by atoms with van der Waals surface area (Å²) in [7, 11) is -1.55. The van der Waals surface area contributed by atoms with Gasteiger partial charge < -0.3 is 10.2 Å². The standard InChI is InChI=1S/C14H20F2N2O2S/c1-3-17-8-10-6-12(15)14(13(16)7-10)18(2)11-4-5-21(19,20)9-11/h6-7,11,17H,3-5,8-9H2,1-2H3. The lowest BCUT2D eigenvalue weighted by Gasteiger charge is -2.26. The Morgan fingerprint density at radius 1 is 1.33 bits per heavy atom. The van der Waals surface area contributed by atoms with E-state index in [0.717, 1.165) is 0 Å². The minimum atomic E-state index is -3.09. The molecule has 0 aliphatic carbocycles. The molecule has 0 amide bonds. The monoisotopic (exact) mass is 318 g/mol. The molecular formula is C14H20F2N2O2S. The molecule has 1 aliphatic heterocycles. The SMILES string of the molecule is CCNCc1cc(F)c(N(C)C2CCS(=O)(=O)C2)c(F)c1. The molecule has 1 saturated heterocycles. The lowest BCUT2D eigenvalue weighted by atomic mass is 10.1. The average Bonchev–Trinajstić information content (AvgIpc) is 2.76. The van der Waals surface area contributed by atoms with Crippen molar-refractivity contribution in [1.82, 2.24) is 5.32 Å². The van der Waals surface area contributed by atoms with Gasteiger partial charge in [-0.05, 0) is 30.7 Å². The first-order chi connectivity index (χ1) is 9.84. The van der Waals surface area contributed by atoms with Crippen molar-refractivity contribution in [3.05, 3.63) is 29.3 Å². The molecular weight excluding hydrogens is 298 g/mol. The van der Waals surface area contributed by atoms with Gasteiger partial charge in [0, 0.05) is 19.6 Å². The zero-order valence-electron chi connectivity index (χ0n) is 12.2. The van der Waals surface area contributed by atoms with Gasteiger partial charge in [-0.25, -0.2) is 17.2 Å². The molecule has 0 aromatic heterocycles. The van der Waals surface area contributed by atoms with Crippen LogP contribution in [-0.2, 0) is 16.4 Å². The van der Waals surface area contributed by atoms with Gasteiger partial charge in [0.25, 0.3) is 0 Å². The van der Waals surface area contributed by atoms with Gasteiger partial charge >= 0.3 is 0 Å². The molecule has 2 rings (SSSR count). The molecule has 1 heterocycles. The Kier molecular flexibility index (Phi) is 4.83. The molecule has 0 bridgehead atoms. The van der Waals surface area contributed by atoms with Crippen molar-refractivity contribution in [3.8, 4) is 0 Å². The minimum absolute atomic E-state index is 0.0540. The first-order valence-electron chi connectivity index (χ1n) is 6.96. The third-order valence-electron chi connectivity index (χ3n) is 3.76. The summed E-state index contributed by atoms with van der Waals surface area (Å²) in [4.78, 5) is 1.41. The van der Waals surface area contributed by atoms with Crippen molar-refractivity contribution in [3.63, 3.8) is 0 Å². The first kappa shape index (κ1) is 16.2. The van der Waals surface area contributed by atoms with E-state index >= 15 is 0 Å². The number of hydrogen-bond donors (Lipinski definition) is 1. The van der Waals surface area contributed by atoms with E-state index < -0.39 is 21.5 Å². The molecule has 1 N–H and O–H groups in total. The topological polar surface area (TPSA) is 49.4 Å². The average molecular weight is 318 g/mol. The Morgan fingerprint density at radius 2 is 1.95 bits per heavy atom. The van der Waals surface area contributed by atoms with Crippen LogP contribution >= 0.6 is 0 Å². The smallest absolute Gasteiger partial charge is 0.152 e. The highest BCUT2D eigenvalue weighted by Gasteiger charge is 2.32. The molecule has 0 radical (unpaired) electrons. The molecule has 1 fully saturated rings. The number of rotatable bonds is 5. The fourth-order valence-electron chi connectivity index (χ4n) is 2.59. The normalized spacial score (nSPS) is 20.7. The fourth-order valence-corrected chi connectivity index (χ4v) is 4.36. The molecule has 118 valence electrons. The number of nitrogens with zero attached hydrogens (tertiary/aromatic N) is 1. The predicted octanol–water partition coefficient (Wildman–Crippen LogP) is 1.70. The van der Waals surface area contributed by atoms with E-state index in [1.54, 1.807) is 0 Å². The van der Waals surface area contributed by atoms with Crippen LogP contribution in [0.3, 0.4) is 0 Å². The Labute approximate surface area is 124 Å². The van der Waals surface area contributed by atoms with Crippen LogP contribution in [-0.4, -0.2) is 39.6 Å². The van der Waals surface area contributed by atoms with Gasteiger partial charge in [-0.1, -0.05) is 6.92 Å². The Morgan fingerprint density at radius 3 is 2.43 bits per heavy atom. The van der Waals surface area contributed by atoms with Gasteiger partial charge in [0.05, 0.1) is 11.5 Å². The van der Waals surface area contributed by atoms with Gasteiger partial charge in [-0.3, -0.25) is 0 Å². The van der Waals surface area contributed by atoms with Gasteiger partial charge in [0.1, 0.15) is 17.3 Å². The minimum Gasteiger partial charge on any atom is -0.366 e. The summed E-state index contributed by atoms with van der Waals surface area (Å²) in [5.74, 6) is -1.30. The number of sulfone groups is 1. The molecule has 21 heavy (non-hydrogen) atoms. The van der Waals surface area contributed by atoms with Crippen LogP contribution in [0.5, 0.6) is 0 Å². The first-order valence-corrected chi connectivity index (χ1v) is 8.78. The van der Waals surface area contributed by atoms with Crippen LogP contribution in [0.15, 0.2) is 12.1 Å². The second-order valence-electron chi connectivity index (χ2n) is 5.36. The highest BCUT2D eigenvalue weighted by Crippen LogP contribution is 2.29. The predicted molar refractivity (Wildman–Crippen MR) is 79.2 cm³/mol. The van der Waals surface area contributed by atoms with E-state index in [9.17, 15) is 17.2 Å². The van der Waals surface area contributed by atoms with E-state index in [1.807, 2.05) is 6.92 Å². The quantitative estimate of drug-likeness (QED) is 0.898. The maximum Gasteiger partial charge on any atom is 0.152 e. The highest BCUT2D eigenvalue weighted by molar-refractivity contribution is 7.91. The van der Waals surface area contributed by atoms with Gasteiger partial charge in [-0.15, -0.1) is 0 Å². The second-order valence-corrected chi connectivity index (χ2v) is 7.58. The summed E-state index contributed by atoms with van der Waals surface area (Å²) in [5, 5.41) is 3.01. The van der Waals surface area contributed by atoms with E-state index in [2.05, 4.69) is 5.32 Å². The van der Waals surface area contributed by atoms with Gasteiger partial charge in [0.15, 0.2) is 9.84 Å². The Bertz CT molecular complexity index is 596. The maximum atomic E-state index is 14.2. The van der Waals surface area contributed by atoms with Crippen LogP contribution in [0.2, 0.25) is 0 Å². The zero-order chi connectivity index (χ0) is 15.6. The number of hydrogen-bond acceptors (Lipinski definition) is 4. The Balaban J connectivity index is 2.23. The lowest BCUT2D eigenvalue weighted by molar-refractivity contribution is 0.556. The summed E-state index contributed by atoms with van der Waals surface area (Å²) in [6.07, 6.45) is 0.400. The molecule has 0 saturated carbocycles. The van der Waals surface area contributed by atoms with Crippen LogP contribution in [0.4, 0.5) is 14.5 Å². The van der Waals surface area contributed by atoms with Crippen molar-refractivity contribution < 1.29 is 17.2 Å². The van der Waals surface area contributed by atoms with Crippen LogP contribution in [0, 0.1) is 11.6 Å². The molecule has 0 spiro atoms. The van der Waals surface area contributed by atoms with Crippen molar-refractivity contribution in [1.29, 1.82) is 0 Å². The summed E-state index contributed by atoms with van der Waals surface area (Å²) in [6.45, 7) is 3.02. The molecule has 1 atom stereocenters. The summed E-state index contributed by atoms with van der Waals surface area (Å²) in [5.41, 5.74) is 0.375. The second kappa shape index (κ2) is 6.27. The molecule has 4 nitrogen and oxygen atoms in total. The van der Waals surface area contributed by atoms with E-state index in [-0.39, 0.29) is 23.2 Å². The van der Waals surface area contributed by atoms with Gasteiger partial charge in [-0.2, -0.15) is 0 Å². The van der Waals surface area contributed by atoms with Crippen molar-refractivity contribution >= 4 is 15.5 Å². The lowest BCUT2D eigenvalue weighted by Crippen LogP contribution is -2.34. The van der Waals surface area contributed by atoms with E-state index in [4.69, 9.17) is 0 Å². The molecule has 1 aromatic carbocycles. The fraction of sp³-hybridized carbons (Fsp3) is 0.571. The maximum absolute atomic E-state index is 14.2. The van der Waals surface area contributed by atoms with Crippen molar-refractivity contribution in [2.24, 2.45) is 0 Å². The van der Waals surface area contributed by atoms with E-state index in [1.165, 1.54) is 24.1 Å². The molecule has 1 aliphatic rings. The summed E-state index contributed by atoms with van der Waals surface area (Å²) in [6, 6.07) is 2.21. The number of anilines is 1. The Hall–Kier alpha value is -1.21. The summed E-state index contributed by atoms with van der Waals surface area (Å²) >= 11 is 0. The van der Waals surface area contributed by atoms with Crippen LogP contribution < -0.4 is 10.2 Å². The molecule has 1 unspecified atom stereocenters. The zero-order valence-corrected chi connectivity index (χ0v) is 13.0. The van der Waals surface area contributed by atoms with Crippen LogP contribution in [0.25, 0.3) is 0 Å². The third kappa shape index (κ3) is 3.71. The van der Waals surface area contributed by atoms with Crippen molar-refractivity contribution in [2.75, 3.05) is 30.0 Å². The highest BCUT2D eigenvalue weighted by atomic mass is 32.2. The number of benzene rings is 1. The summed E-state index contributed by atoms with van der Waals surface area (Å²) < 4.78 is 51.3.